The summed E-state index contributed by atoms with van der Waals surface area (Å²) in [7, 11) is 4.03. The molecule has 25 heavy (non-hydrogen) atoms. The van der Waals surface area contributed by atoms with Crippen LogP contribution in [-0.2, 0) is 13.6 Å². The van der Waals surface area contributed by atoms with Gasteiger partial charge in [-0.25, -0.2) is 9.78 Å². The van der Waals surface area contributed by atoms with Gasteiger partial charge in [0, 0.05) is 32.7 Å². The topological polar surface area (TPSA) is 53.4 Å². The van der Waals surface area contributed by atoms with Crippen LogP contribution in [-0.4, -0.2) is 58.1 Å². The first-order valence-corrected chi connectivity index (χ1v) is 9.09. The summed E-state index contributed by atoms with van der Waals surface area (Å²) >= 11 is 6.27. The third-order valence-corrected chi connectivity index (χ3v) is 5.29. The number of aromatic nitrogens is 2. The van der Waals surface area contributed by atoms with E-state index in [9.17, 15) is 4.79 Å². The van der Waals surface area contributed by atoms with Crippen LogP contribution in [0.2, 0.25) is 5.02 Å². The van der Waals surface area contributed by atoms with Gasteiger partial charge in [-0.05, 0) is 25.1 Å². The number of amides is 2. The van der Waals surface area contributed by atoms with Crippen LogP contribution in [0.15, 0.2) is 18.2 Å². The zero-order valence-corrected chi connectivity index (χ0v) is 16.0. The second-order valence-corrected chi connectivity index (χ2v) is 7.53. The highest BCUT2D eigenvalue weighted by atomic mass is 35.5. The lowest BCUT2D eigenvalue weighted by atomic mass is 10.0. The second-order valence-electron chi connectivity index (χ2n) is 7.12. The van der Waals surface area contributed by atoms with Crippen LogP contribution in [0, 0.1) is 5.92 Å². The van der Waals surface area contributed by atoms with Crippen LogP contribution in [0.1, 0.15) is 19.7 Å². The highest BCUT2D eigenvalue weighted by Crippen LogP contribution is 2.23. The Morgan fingerprint density at radius 2 is 2.12 bits per heavy atom. The Balaban J connectivity index is 1.72. The third-order valence-electron chi connectivity index (χ3n) is 4.99. The van der Waals surface area contributed by atoms with Crippen molar-refractivity contribution in [3.63, 3.8) is 0 Å². The Morgan fingerprint density at radius 3 is 2.80 bits per heavy atom. The monoisotopic (exact) mass is 363 g/mol. The normalized spacial score (nSPS) is 19.0. The summed E-state index contributed by atoms with van der Waals surface area (Å²) in [4.78, 5) is 21.6. The highest BCUT2D eigenvalue weighted by Gasteiger charge is 2.31. The van der Waals surface area contributed by atoms with Crippen LogP contribution in [0.25, 0.3) is 11.0 Å². The minimum absolute atomic E-state index is 0.0232. The molecule has 1 unspecified atom stereocenters. The maximum Gasteiger partial charge on any atom is 0.318 e. The molecule has 1 aromatic heterocycles. The molecular formula is C18H26ClN5O. The number of nitrogens with zero attached hydrogens (tertiary/aromatic N) is 4. The lowest BCUT2D eigenvalue weighted by molar-refractivity contribution is 0.0853. The predicted octanol–water partition coefficient (Wildman–Crippen LogP) is 2.71. The molecule has 1 aromatic carbocycles. The van der Waals surface area contributed by atoms with Crippen molar-refractivity contribution < 1.29 is 4.79 Å². The number of carbonyl (C=O) groups excluding carboxylic acids is 1. The second kappa shape index (κ2) is 7.22. The Bertz CT molecular complexity index is 772. The molecule has 2 amide bonds. The number of benzene rings is 1. The molecule has 1 aliphatic heterocycles. The Labute approximate surface area is 153 Å². The number of rotatable bonds is 3. The molecule has 2 heterocycles. The number of aryl methyl sites for hydroxylation is 1. The standard InChI is InChI=1S/C18H26ClN5O/c1-12(2)15-11-22(3)8-9-24(15)18(25)20-10-16-21-14-7-5-6-13(19)17(14)23(16)4/h5-7,12,15H,8-11H2,1-4H3,(H,20,25). The number of urea groups is 1. The summed E-state index contributed by atoms with van der Waals surface area (Å²) in [6.45, 7) is 7.28. The van der Waals surface area contributed by atoms with E-state index in [1.807, 2.05) is 34.7 Å². The number of piperazine rings is 1. The molecular weight excluding hydrogens is 338 g/mol. The first kappa shape index (κ1) is 18.0. The third kappa shape index (κ3) is 3.60. The number of likely N-dealkylation sites (N-methyl/N-ethyl adjacent to an activating group) is 1. The van der Waals surface area contributed by atoms with Gasteiger partial charge in [0.2, 0.25) is 0 Å². The number of hydrogen-bond donors (Lipinski definition) is 1. The summed E-state index contributed by atoms with van der Waals surface area (Å²) < 4.78 is 1.95. The van der Waals surface area contributed by atoms with E-state index in [0.717, 1.165) is 36.5 Å². The number of imidazole rings is 1. The maximum atomic E-state index is 12.7. The van der Waals surface area contributed by atoms with Gasteiger partial charge in [0.15, 0.2) is 0 Å². The SMILES string of the molecule is CC(C)C1CN(C)CCN1C(=O)NCc1nc2cccc(Cl)c2n1C. The van der Waals surface area contributed by atoms with Crippen LogP contribution in [0.3, 0.4) is 0 Å². The lowest BCUT2D eigenvalue weighted by Gasteiger charge is -2.42. The van der Waals surface area contributed by atoms with Crippen LogP contribution >= 0.6 is 11.6 Å². The molecule has 2 aromatic rings. The molecule has 0 saturated carbocycles. The van der Waals surface area contributed by atoms with Gasteiger partial charge in [-0.3, -0.25) is 0 Å². The van der Waals surface area contributed by atoms with Crippen molar-refractivity contribution in [3.8, 4) is 0 Å². The molecule has 1 atom stereocenters. The molecule has 1 saturated heterocycles. The average molecular weight is 364 g/mol. The van der Waals surface area contributed by atoms with Crippen LogP contribution in [0.4, 0.5) is 4.79 Å². The first-order valence-electron chi connectivity index (χ1n) is 8.71. The van der Waals surface area contributed by atoms with Crippen molar-refractivity contribution in [1.82, 2.24) is 24.7 Å². The number of halogens is 1. The molecule has 7 heteroatoms. The Morgan fingerprint density at radius 1 is 1.36 bits per heavy atom. The Hall–Kier alpha value is -1.79. The molecule has 0 radical (unpaired) electrons. The minimum atomic E-state index is -0.0232. The molecule has 1 fully saturated rings. The van der Waals surface area contributed by atoms with Gasteiger partial charge in [-0.15, -0.1) is 0 Å². The van der Waals surface area contributed by atoms with E-state index < -0.39 is 0 Å². The lowest BCUT2D eigenvalue weighted by Crippen LogP contribution is -2.58. The van der Waals surface area contributed by atoms with Crippen molar-refractivity contribution in [3.05, 3.63) is 29.0 Å². The van der Waals surface area contributed by atoms with Crippen LogP contribution < -0.4 is 5.32 Å². The Kier molecular flexibility index (Phi) is 5.20. The van der Waals surface area contributed by atoms with Crippen molar-refractivity contribution in [1.29, 1.82) is 0 Å². The summed E-state index contributed by atoms with van der Waals surface area (Å²) in [6, 6.07) is 5.88. The van der Waals surface area contributed by atoms with E-state index in [1.54, 1.807) is 0 Å². The molecule has 0 aliphatic carbocycles. The van der Waals surface area contributed by atoms with Gasteiger partial charge in [0.25, 0.3) is 0 Å². The molecule has 136 valence electrons. The number of nitrogens with one attached hydrogen (secondary N) is 1. The fourth-order valence-corrected chi connectivity index (χ4v) is 3.76. The van der Waals surface area contributed by atoms with E-state index in [2.05, 4.69) is 36.1 Å². The fourth-order valence-electron chi connectivity index (χ4n) is 3.46. The molecule has 0 spiro atoms. The maximum absolute atomic E-state index is 12.7. The largest absolute Gasteiger partial charge is 0.331 e. The fraction of sp³-hybridized carbons (Fsp3) is 0.556. The predicted molar refractivity (Wildman–Crippen MR) is 101 cm³/mol. The first-order chi connectivity index (χ1) is 11.9. The van der Waals surface area contributed by atoms with Crippen molar-refractivity contribution in [2.45, 2.75) is 26.4 Å². The van der Waals surface area contributed by atoms with Gasteiger partial charge in [-0.1, -0.05) is 31.5 Å². The molecule has 1 N–H and O–H groups in total. The van der Waals surface area contributed by atoms with Crippen molar-refractivity contribution in [2.75, 3.05) is 26.7 Å². The smallest absolute Gasteiger partial charge is 0.318 e. The highest BCUT2D eigenvalue weighted by molar-refractivity contribution is 6.35. The van der Waals surface area contributed by atoms with Gasteiger partial charge in [0.1, 0.15) is 5.82 Å². The van der Waals surface area contributed by atoms with E-state index in [-0.39, 0.29) is 12.1 Å². The number of carbonyl (C=O) groups is 1. The zero-order valence-electron chi connectivity index (χ0n) is 15.3. The van der Waals surface area contributed by atoms with Crippen molar-refractivity contribution in [2.24, 2.45) is 13.0 Å². The summed E-state index contributed by atoms with van der Waals surface area (Å²) in [5, 5.41) is 3.70. The minimum Gasteiger partial charge on any atom is -0.331 e. The van der Waals surface area contributed by atoms with Gasteiger partial charge in [-0.2, -0.15) is 0 Å². The van der Waals surface area contributed by atoms with E-state index in [1.165, 1.54) is 0 Å². The van der Waals surface area contributed by atoms with E-state index in [0.29, 0.717) is 17.5 Å². The van der Waals surface area contributed by atoms with Gasteiger partial charge >= 0.3 is 6.03 Å². The molecule has 0 bridgehead atoms. The summed E-state index contributed by atoms with van der Waals surface area (Å²) in [5.74, 6) is 1.22. The number of hydrogen-bond acceptors (Lipinski definition) is 3. The van der Waals surface area contributed by atoms with E-state index >= 15 is 0 Å². The number of para-hydroxylation sites is 1. The van der Waals surface area contributed by atoms with Crippen LogP contribution in [0.5, 0.6) is 0 Å². The molecule has 6 nitrogen and oxygen atoms in total. The average Bonchev–Trinajstić information content (AvgIpc) is 2.90. The molecule has 3 rings (SSSR count). The quantitative estimate of drug-likeness (QED) is 0.912. The van der Waals surface area contributed by atoms with Crippen molar-refractivity contribution >= 4 is 28.7 Å². The summed E-state index contributed by atoms with van der Waals surface area (Å²) in [6.07, 6.45) is 0. The zero-order chi connectivity index (χ0) is 18.1. The van der Waals surface area contributed by atoms with Gasteiger partial charge in [0.05, 0.1) is 22.6 Å². The number of fused-ring (bicyclic) bond motifs is 1. The van der Waals surface area contributed by atoms with Gasteiger partial charge < -0.3 is 19.7 Å². The summed E-state index contributed by atoms with van der Waals surface area (Å²) in [5.41, 5.74) is 1.74. The molecule has 1 aliphatic rings. The van der Waals surface area contributed by atoms with E-state index in [4.69, 9.17) is 11.6 Å².